The molecule has 0 aromatic carbocycles. The first-order valence-corrected chi connectivity index (χ1v) is 39.1. The number of ether oxygens (including phenoxy) is 3. The van der Waals surface area contributed by atoms with Gasteiger partial charge in [0, 0.05) is 6.42 Å². The van der Waals surface area contributed by atoms with Crippen molar-refractivity contribution in [2.24, 2.45) is 0 Å². The monoisotopic (exact) mass is 1260 g/mol. The molecule has 1 fully saturated rings. The summed E-state index contributed by atoms with van der Waals surface area (Å²) in [4.78, 5) is 26.7. The SMILES string of the molecule is CCCCCCCC/C=C/CCCCCCCCCCCCCCCCCC(=O)OC1C(OCC(NC(=O)C(O)CCCCCCCCCCCCCCCCCCCCCCCCCC)C(O)/C=C/CCCCCCCCCCC)OC(CO)C(O)C1O. The first-order valence-electron chi connectivity index (χ1n) is 39.1. The molecule has 0 spiro atoms. The summed E-state index contributed by atoms with van der Waals surface area (Å²) in [5, 5.41) is 57.3. The predicted molar refractivity (Wildman–Crippen MR) is 375 cm³/mol. The molecule has 0 aromatic heterocycles. The average Bonchev–Trinajstić information content (AvgIpc) is 3.71. The first kappa shape index (κ1) is 85.2. The zero-order valence-corrected chi connectivity index (χ0v) is 58.8. The largest absolute Gasteiger partial charge is 0.454 e. The molecule has 1 saturated heterocycles. The highest BCUT2D eigenvalue weighted by Crippen LogP contribution is 2.27. The molecule has 0 aliphatic carbocycles. The van der Waals surface area contributed by atoms with Crippen LogP contribution >= 0.6 is 0 Å². The van der Waals surface area contributed by atoms with Gasteiger partial charge in [-0.1, -0.05) is 366 Å². The lowest BCUT2D eigenvalue weighted by Crippen LogP contribution is -2.61. The van der Waals surface area contributed by atoms with Gasteiger partial charge in [-0.3, -0.25) is 9.59 Å². The average molecular weight is 1260 g/mol. The van der Waals surface area contributed by atoms with Crippen molar-refractivity contribution in [3.63, 3.8) is 0 Å². The second kappa shape index (κ2) is 66.2. The molecular weight excluding hydrogens is 1110 g/mol. The van der Waals surface area contributed by atoms with E-state index in [1.165, 1.54) is 295 Å². The molecule has 1 heterocycles. The summed E-state index contributed by atoms with van der Waals surface area (Å²) in [5.74, 6) is -1.17. The van der Waals surface area contributed by atoms with Crippen LogP contribution in [0, 0.1) is 0 Å². The van der Waals surface area contributed by atoms with Gasteiger partial charge in [-0.25, -0.2) is 0 Å². The Morgan fingerprint density at radius 1 is 0.427 bits per heavy atom. The number of aliphatic hydroxyl groups excluding tert-OH is 5. The Labute approximate surface area is 550 Å². The zero-order valence-electron chi connectivity index (χ0n) is 58.8. The van der Waals surface area contributed by atoms with E-state index in [1.807, 2.05) is 6.08 Å². The van der Waals surface area contributed by atoms with Crippen molar-refractivity contribution < 1.29 is 49.3 Å². The van der Waals surface area contributed by atoms with Gasteiger partial charge < -0.3 is 45.1 Å². The van der Waals surface area contributed by atoms with E-state index in [9.17, 15) is 35.1 Å². The standard InChI is InChI=1S/C78H149NO10/c1-4-7-10-13-16-19-22-24-26-28-30-32-34-36-38-40-42-44-46-48-51-54-57-60-63-66-73(83)89-76-75(85)74(84)72(67-80)88-78(76)87-68-69(70(81)64-61-58-55-52-49-21-18-15-12-9-6-3)79-77(86)71(82)65-62-59-56-53-50-47-45-43-41-39-37-35-33-31-29-27-25-23-20-17-14-11-8-5-2/h24,26,61,64,69-72,74-76,78,80-82,84-85H,4-23,25,27-60,62-63,65-68H2,1-3H3,(H,79,86)/b26-24+,64-61+. The van der Waals surface area contributed by atoms with Crippen LogP contribution in [0.2, 0.25) is 0 Å². The van der Waals surface area contributed by atoms with Crippen LogP contribution < -0.4 is 5.32 Å². The van der Waals surface area contributed by atoms with Gasteiger partial charge in [0.1, 0.15) is 24.4 Å². The summed E-state index contributed by atoms with van der Waals surface area (Å²) in [6.45, 7) is 5.86. The van der Waals surface area contributed by atoms with Crippen molar-refractivity contribution in [2.45, 2.75) is 449 Å². The maximum atomic E-state index is 13.5. The summed E-state index contributed by atoms with van der Waals surface area (Å²) in [6, 6.07) is -1.02. The number of hydrogen-bond acceptors (Lipinski definition) is 10. The van der Waals surface area contributed by atoms with E-state index in [-0.39, 0.29) is 13.0 Å². The summed E-state index contributed by atoms with van der Waals surface area (Å²) in [6.07, 6.45) is 71.0. The molecule has 8 unspecified atom stereocenters. The highest BCUT2D eigenvalue weighted by atomic mass is 16.7. The molecule has 1 aliphatic rings. The summed E-state index contributed by atoms with van der Waals surface area (Å²) in [7, 11) is 0. The Hall–Kier alpha value is -1.86. The van der Waals surface area contributed by atoms with Crippen LogP contribution in [0.4, 0.5) is 0 Å². The number of allylic oxidation sites excluding steroid dienone is 3. The summed E-state index contributed by atoms with van der Waals surface area (Å²) < 4.78 is 17.7. The molecule has 1 aliphatic heterocycles. The maximum Gasteiger partial charge on any atom is 0.306 e. The molecule has 0 aromatic rings. The van der Waals surface area contributed by atoms with Gasteiger partial charge in [0.15, 0.2) is 12.4 Å². The number of rotatable bonds is 69. The van der Waals surface area contributed by atoms with E-state index < -0.39 is 67.4 Å². The molecular formula is C78H149NO10. The number of hydrogen-bond donors (Lipinski definition) is 6. The van der Waals surface area contributed by atoms with Gasteiger partial charge in [0.2, 0.25) is 5.91 Å². The van der Waals surface area contributed by atoms with Crippen molar-refractivity contribution in [2.75, 3.05) is 13.2 Å². The van der Waals surface area contributed by atoms with Crippen LogP contribution in [0.15, 0.2) is 24.3 Å². The minimum Gasteiger partial charge on any atom is -0.454 e. The molecule has 11 heteroatoms. The van der Waals surface area contributed by atoms with E-state index in [2.05, 4.69) is 38.2 Å². The van der Waals surface area contributed by atoms with Gasteiger partial charge >= 0.3 is 5.97 Å². The van der Waals surface area contributed by atoms with Crippen molar-refractivity contribution in [3.05, 3.63) is 24.3 Å². The minimum absolute atomic E-state index is 0.129. The molecule has 8 atom stereocenters. The van der Waals surface area contributed by atoms with E-state index in [0.29, 0.717) is 19.3 Å². The molecule has 0 radical (unpaired) electrons. The molecule has 1 rings (SSSR count). The minimum atomic E-state index is -1.61. The van der Waals surface area contributed by atoms with Crippen molar-refractivity contribution in [1.29, 1.82) is 0 Å². The van der Waals surface area contributed by atoms with Gasteiger partial charge in [0.25, 0.3) is 0 Å². The van der Waals surface area contributed by atoms with E-state index >= 15 is 0 Å². The lowest BCUT2D eigenvalue weighted by atomic mass is 9.99. The molecule has 1 amide bonds. The Bertz CT molecular complexity index is 1550. The lowest BCUT2D eigenvalue weighted by molar-refractivity contribution is -0.305. The number of unbranched alkanes of at least 4 members (excludes halogenated alkanes) is 53. The Morgan fingerprint density at radius 3 is 1.09 bits per heavy atom. The van der Waals surface area contributed by atoms with Gasteiger partial charge in [-0.2, -0.15) is 0 Å². The second-order valence-corrected chi connectivity index (χ2v) is 27.5. The molecule has 89 heavy (non-hydrogen) atoms. The van der Waals surface area contributed by atoms with Gasteiger partial charge in [-0.15, -0.1) is 0 Å². The van der Waals surface area contributed by atoms with Crippen molar-refractivity contribution >= 4 is 11.9 Å². The molecule has 11 nitrogen and oxygen atoms in total. The molecule has 0 saturated carbocycles. The first-order chi connectivity index (χ1) is 43.7. The normalized spacial score (nSPS) is 18.1. The zero-order chi connectivity index (χ0) is 64.6. The predicted octanol–water partition coefficient (Wildman–Crippen LogP) is 20.7. The molecule has 0 bridgehead atoms. The third kappa shape index (κ3) is 53.1. The smallest absolute Gasteiger partial charge is 0.306 e. The van der Waals surface area contributed by atoms with Crippen LogP contribution in [-0.4, -0.2) is 99.6 Å². The van der Waals surface area contributed by atoms with Crippen LogP contribution in [0.5, 0.6) is 0 Å². The van der Waals surface area contributed by atoms with Gasteiger partial charge in [-0.05, 0) is 51.4 Å². The van der Waals surface area contributed by atoms with E-state index in [4.69, 9.17) is 14.2 Å². The lowest BCUT2D eigenvalue weighted by Gasteiger charge is -2.41. The van der Waals surface area contributed by atoms with Crippen LogP contribution in [-0.2, 0) is 23.8 Å². The Morgan fingerprint density at radius 2 is 0.742 bits per heavy atom. The highest BCUT2D eigenvalue weighted by Gasteiger charge is 2.47. The number of carbonyl (C=O) groups excluding carboxylic acids is 2. The number of nitrogens with one attached hydrogen (secondary N) is 1. The third-order valence-electron chi connectivity index (χ3n) is 18.9. The van der Waals surface area contributed by atoms with Crippen LogP contribution in [0.25, 0.3) is 0 Å². The van der Waals surface area contributed by atoms with Gasteiger partial charge in [0.05, 0.1) is 25.4 Å². The number of esters is 1. The van der Waals surface area contributed by atoms with Crippen molar-refractivity contribution in [3.8, 4) is 0 Å². The summed E-state index contributed by atoms with van der Waals surface area (Å²) >= 11 is 0. The Kier molecular flexibility index (Phi) is 63.3. The molecule has 6 N–H and O–H groups in total. The summed E-state index contributed by atoms with van der Waals surface area (Å²) in [5.41, 5.74) is 0. The molecule has 526 valence electrons. The van der Waals surface area contributed by atoms with E-state index in [0.717, 1.165) is 57.8 Å². The fourth-order valence-electron chi connectivity index (χ4n) is 12.7. The number of aliphatic hydroxyl groups is 5. The fraction of sp³-hybridized carbons (Fsp3) is 0.923. The number of amides is 1. The quantitative estimate of drug-likeness (QED) is 0.0195. The fourth-order valence-corrected chi connectivity index (χ4v) is 12.7. The third-order valence-corrected chi connectivity index (χ3v) is 18.9. The van der Waals surface area contributed by atoms with Crippen LogP contribution in [0.3, 0.4) is 0 Å². The highest BCUT2D eigenvalue weighted by molar-refractivity contribution is 5.80. The maximum absolute atomic E-state index is 13.5. The van der Waals surface area contributed by atoms with Crippen LogP contribution in [0.1, 0.15) is 400 Å². The topological polar surface area (TPSA) is 175 Å². The van der Waals surface area contributed by atoms with Crippen molar-refractivity contribution in [1.82, 2.24) is 5.32 Å². The van der Waals surface area contributed by atoms with E-state index in [1.54, 1.807) is 6.08 Å². The Balaban J connectivity index is 2.47. The second-order valence-electron chi connectivity index (χ2n) is 27.5. The number of carbonyl (C=O) groups is 2.